The topological polar surface area (TPSA) is 49.3 Å². The molecule has 0 radical (unpaired) electrons. The minimum Gasteiger partial charge on any atom is -0.493 e. The first-order valence-corrected chi connectivity index (χ1v) is 11.2. The van der Waals surface area contributed by atoms with Gasteiger partial charge in [0.25, 0.3) is 0 Å². The summed E-state index contributed by atoms with van der Waals surface area (Å²) in [5.74, 6) is 1.76. The molecule has 5 nitrogen and oxygen atoms in total. The van der Waals surface area contributed by atoms with Crippen LogP contribution < -0.4 is 9.47 Å². The van der Waals surface area contributed by atoms with Gasteiger partial charge in [0.15, 0.2) is 0 Å². The summed E-state index contributed by atoms with van der Waals surface area (Å²) in [4.78, 5) is 5.25. The molecule has 30 heavy (non-hydrogen) atoms. The molecule has 0 aliphatic rings. The zero-order valence-corrected chi connectivity index (χ0v) is 20.3. The van der Waals surface area contributed by atoms with Gasteiger partial charge in [-0.25, -0.2) is 0 Å². The van der Waals surface area contributed by atoms with Crippen LogP contribution in [0.1, 0.15) is 58.6 Å². The predicted octanol–water partition coefficient (Wildman–Crippen LogP) is 6.49. The lowest BCUT2D eigenvalue weighted by atomic mass is 10.0. The molecule has 0 spiro atoms. The number of unbranched alkanes of at least 4 members (excludes halogenated alkanes) is 1. The Bertz CT molecular complexity index is 655. The SMILES string of the molecule is CCc1cc(OCC=C(Cl)Cl)cc(CC)c1OCCCCOCC=NOC(C)(C)C. The van der Waals surface area contributed by atoms with Crippen LogP contribution in [0.15, 0.2) is 27.9 Å². The molecule has 1 aromatic carbocycles. The number of nitrogens with zero attached hydrogens (tertiary/aromatic N) is 1. The monoisotopic (exact) mass is 459 g/mol. The lowest BCUT2D eigenvalue weighted by molar-refractivity contribution is 0.000658. The Morgan fingerprint density at radius 2 is 1.60 bits per heavy atom. The van der Waals surface area contributed by atoms with E-state index in [1.165, 1.54) is 0 Å². The fraction of sp³-hybridized carbons (Fsp3) is 0.609. The molecular weight excluding hydrogens is 425 g/mol. The van der Waals surface area contributed by atoms with E-state index in [1.54, 1.807) is 12.3 Å². The van der Waals surface area contributed by atoms with Crippen molar-refractivity contribution in [3.05, 3.63) is 33.8 Å². The molecule has 0 saturated heterocycles. The zero-order valence-electron chi connectivity index (χ0n) is 18.8. The van der Waals surface area contributed by atoms with Crippen molar-refractivity contribution in [3.63, 3.8) is 0 Å². The molecule has 0 saturated carbocycles. The molecule has 1 aromatic rings. The van der Waals surface area contributed by atoms with Crippen LogP contribution in [0.4, 0.5) is 0 Å². The van der Waals surface area contributed by atoms with Crippen molar-refractivity contribution < 1.29 is 19.0 Å². The molecule has 7 heteroatoms. The summed E-state index contributed by atoms with van der Waals surface area (Å²) in [5.41, 5.74) is 2.00. The third kappa shape index (κ3) is 11.7. The number of hydrogen-bond donors (Lipinski definition) is 0. The molecule has 0 aliphatic heterocycles. The summed E-state index contributed by atoms with van der Waals surface area (Å²) in [5, 5.41) is 3.89. The first-order valence-electron chi connectivity index (χ1n) is 10.5. The van der Waals surface area contributed by atoms with Gasteiger partial charge in [0, 0.05) is 6.61 Å². The van der Waals surface area contributed by atoms with Crippen molar-refractivity contribution in [2.24, 2.45) is 5.16 Å². The van der Waals surface area contributed by atoms with Crippen molar-refractivity contribution in [1.82, 2.24) is 0 Å². The van der Waals surface area contributed by atoms with E-state index in [0.717, 1.165) is 48.3 Å². The van der Waals surface area contributed by atoms with Gasteiger partial charge in [0.05, 0.1) is 19.4 Å². The van der Waals surface area contributed by atoms with Crippen LogP contribution in [0.3, 0.4) is 0 Å². The van der Waals surface area contributed by atoms with Gasteiger partial charge in [-0.15, -0.1) is 0 Å². The Labute approximate surface area is 191 Å². The largest absolute Gasteiger partial charge is 0.493 e. The Balaban J connectivity index is 2.42. The molecule has 0 bridgehead atoms. The second kappa shape index (κ2) is 14.6. The number of oxime groups is 1. The van der Waals surface area contributed by atoms with Crippen molar-refractivity contribution in [2.45, 2.75) is 65.9 Å². The summed E-state index contributed by atoms with van der Waals surface area (Å²) < 4.78 is 17.6. The Hall–Kier alpha value is -1.43. The summed E-state index contributed by atoms with van der Waals surface area (Å²) in [7, 11) is 0. The van der Waals surface area contributed by atoms with Gasteiger partial charge in [-0.2, -0.15) is 0 Å². The summed E-state index contributed by atoms with van der Waals surface area (Å²) in [6.45, 7) is 12.2. The minimum atomic E-state index is -0.276. The van der Waals surface area contributed by atoms with Gasteiger partial charge in [0.1, 0.15) is 28.2 Å². The van der Waals surface area contributed by atoms with Crippen LogP contribution in [0, 0.1) is 0 Å². The van der Waals surface area contributed by atoms with Crippen LogP contribution in [0.25, 0.3) is 0 Å². The molecule has 0 aliphatic carbocycles. The van der Waals surface area contributed by atoms with Gasteiger partial charge >= 0.3 is 0 Å². The van der Waals surface area contributed by atoms with Crippen molar-refractivity contribution in [1.29, 1.82) is 0 Å². The van der Waals surface area contributed by atoms with Gasteiger partial charge in [-0.1, -0.05) is 42.2 Å². The first kappa shape index (κ1) is 26.6. The molecule has 0 aromatic heterocycles. The number of benzene rings is 1. The lowest BCUT2D eigenvalue weighted by Gasteiger charge is -2.17. The van der Waals surface area contributed by atoms with E-state index < -0.39 is 0 Å². The predicted molar refractivity (Wildman–Crippen MR) is 125 cm³/mol. The van der Waals surface area contributed by atoms with Crippen LogP contribution in [-0.2, 0) is 22.4 Å². The van der Waals surface area contributed by atoms with E-state index in [1.807, 2.05) is 32.9 Å². The third-order valence-electron chi connectivity index (χ3n) is 3.99. The third-order valence-corrected chi connectivity index (χ3v) is 4.30. The molecule has 0 amide bonds. The van der Waals surface area contributed by atoms with Crippen molar-refractivity contribution in [3.8, 4) is 11.5 Å². The highest BCUT2D eigenvalue weighted by molar-refractivity contribution is 6.55. The van der Waals surface area contributed by atoms with Crippen LogP contribution in [0.2, 0.25) is 0 Å². The maximum absolute atomic E-state index is 6.12. The molecule has 0 atom stereocenters. The number of hydrogen-bond acceptors (Lipinski definition) is 5. The van der Waals surface area contributed by atoms with Crippen molar-refractivity contribution >= 4 is 29.4 Å². The van der Waals surface area contributed by atoms with Gasteiger partial charge in [-0.05, 0) is 75.8 Å². The number of rotatable bonds is 14. The number of ether oxygens (including phenoxy) is 3. The van der Waals surface area contributed by atoms with Crippen LogP contribution in [-0.4, -0.2) is 38.2 Å². The molecule has 170 valence electrons. The first-order chi connectivity index (χ1) is 14.3. The summed E-state index contributed by atoms with van der Waals surface area (Å²) in [6.07, 6.45) is 6.83. The molecule has 0 heterocycles. The second-order valence-electron chi connectivity index (χ2n) is 7.70. The molecule has 0 fully saturated rings. The van der Waals surface area contributed by atoms with Gasteiger partial charge in [-0.3, -0.25) is 0 Å². The molecular formula is C23H35Cl2NO4. The maximum Gasteiger partial charge on any atom is 0.129 e. The van der Waals surface area contributed by atoms with Gasteiger partial charge in [0.2, 0.25) is 0 Å². The quantitative estimate of drug-likeness (QED) is 0.181. The Morgan fingerprint density at radius 3 is 2.17 bits per heavy atom. The van der Waals surface area contributed by atoms with E-state index in [9.17, 15) is 0 Å². The minimum absolute atomic E-state index is 0.205. The van der Waals surface area contributed by atoms with E-state index in [0.29, 0.717) is 26.4 Å². The average Bonchev–Trinajstić information content (AvgIpc) is 2.68. The standard InChI is InChI=1S/C23H35Cl2NO4/c1-6-18-16-20(28-14-10-21(24)25)17-19(7-2)22(18)29-13-9-8-12-27-15-11-26-30-23(3,4)5/h10-11,16-17H,6-9,12-15H2,1-5H3. The highest BCUT2D eigenvalue weighted by Crippen LogP contribution is 2.31. The maximum atomic E-state index is 6.12. The highest BCUT2D eigenvalue weighted by Gasteiger charge is 2.11. The second-order valence-corrected chi connectivity index (χ2v) is 8.71. The normalized spacial score (nSPS) is 11.6. The smallest absolute Gasteiger partial charge is 0.129 e. The molecule has 1 rings (SSSR count). The zero-order chi connectivity index (χ0) is 22.4. The highest BCUT2D eigenvalue weighted by atomic mass is 35.5. The van der Waals surface area contributed by atoms with Crippen LogP contribution in [0.5, 0.6) is 11.5 Å². The summed E-state index contributed by atoms with van der Waals surface area (Å²) >= 11 is 11.3. The van der Waals surface area contributed by atoms with Crippen LogP contribution >= 0.6 is 23.2 Å². The Morgan fingerprint density at radius 1 is 0.967 bits per heavy atom. The summed E-state index contributed by atoms with van der Waals surface area (Å²) in [6, 6.07) is 4.04. The van der Waals surface area contributed by atoms with E-state index in [-0.39, 0.29) is 10.1 Å². The average molecular weight is 460 g/mol. The van der Waals surface area contributed by atoms with Crippen molar-refractivity contribution in [2.75, 3.05) is 26.4 Å². The van der Waals surface area contributed by atoms with E-state index in [2.05, 4.69) is 19.0 Å². The fourth-order valence-electron chi connectivity index (χ4n) is 2.56. The number of aryl methyl sites for hydroxylation is 2. The van der Waals surface area contributed by atoms with Gasteiger partial charge < -0.3 is 19.0 Å². The molecule has 0 unspecified atom stereocenters. The molecule has 0 N–H and O–H groups in total. The fourth-order valence-corrected chi connectivity index (χ4v) is 2.69. The van der Waals surface area contributed by atoms with E-state index >= 15 is 0 Å². The van der Waals surface area contributed by atoms with E-state index in [4.69, 9.17) is 42.3 Å². The number of halogens is 2. The Kier molecular flexibility index (Phi) is 12.9. The lowest BCUT2D eigenvalue weighted by Crippen LogP contribution is -2.15.